The van der Waals surface area contributed by atoms with Crippen LogP contribution in [0.3, 0.4) is 0 Å². The summed E-state index contributed by atoms with van der Waals surface area (Å²) in [6.45, 7) is 7.76. The van der Waals surface area contributed by atoms with Crippen LogP contribution in [0.25, 0.3) is 0 Å². The minimum absolute atomic E-state index is 0.900. The van der Waals surface area contributed by atoms with Gasteiger partial charge < -0.3 is 4.90 Å². The molecule has 0 aliphatic carbocycles. The summed E-state index contributed by atoms with van der Waals surface area (Å²) in [6, 6.07) is 0. The zero-order valence-corrected chi connectivity index (χ0v) is 6.35. The molecule has 0 radical (unpaired) electrons. The van der Waals surface area contributed by atoms with Gasteiger partial charge in [0.15, 0.2) is 0 Å². The highest BCUT2D eigenvalue weighted by atomic mass is 15.2. The normalized spacial score (nSPS) is 9.11. The van der Waals surface area contributed by atoms with Crippen molar-refractivity contribution in [2.75, 3.05) is 20.3 Å². The molecule has 2 nitrogen and oxygen atoms in total. The van der Waals surface area contributed by atoms with E-state index in [1.807, 2.05) is 18.1 Å². The van der Waals surface area contributed by atoms with Gasteiger partial charge in [0.05, 0.1) is 6.67 Å². The first kappa shape index (κ1) is 8.50. The van der Waals surface area contributed by atoms with Crippen LogP contribution in [-0.4, -0.2) is 25.2 Å². The largest absolute Gasteiger partial charge is 0.368 e. The Morgan fingerprint density at radius 2 is 2.33 bits per heavy atom. The predicted octanol–water partition coefficient (Wildman–Crippen LogP) is 1.02. The van der Waals surface area contributed by atoms with E-state index in [0.29, 0.717) is 0 Å². The van der Waals surface area contributed by atoms with Crippen molar-refractivity contribution in [2.45, 2.75) is 13.3 Å². The lowest BCUT2D eigenvalue weighted by Crippen LogP contribution is -2.27. The van der Waals surface area contributed by atoms with E-state index in [2.05, 4.69) is 18.8 Å². The summed E-state index contributed by atoms with van der Waals surface area (Å²) in [5.41, 5.74) is 0. The minimum atomic E-state index is 0.900. The molecule has 0 atom stereocenters. The monoisotopic (exact) mass is 128 g/mol. The van der Waals surface area contributed by atoms with Crippen LogP contribution in [0.2, 0.25) is 0 Å². The summed E-state index contributed by atoms with van der Waals surface area (Å²) in [7, 11) is 2.00. The first-order chi connectivity index (χ1) is 4.31. The molecule has 0 unspecified atom stereocenters. The standard InChI is InChI=1S/C7H16N2/c1-4-6-8-7-9(3)5-2/h5,8H,2,4,6-7H2,1,3H3. The number of hydrogen-bond acceptors (Lipinski definition) is 2. The van der Waals surface area contributed by atoms with Gasteiger partial charge in [-0.05, 0) is 19.2 Å². The highest BCUT2D eigenvalue weighted by Gasteiger charge is 1.85. The number of hydrogen-bond donors (Lipinski definition) is 1. The number of nitrogens with zero attached hydrogens (tertiary/aromatic N) is 1. The molecule has 0 saturated carbocycles. The van der Waals surface area contributed by atoms with Gasteiger partial charge >= 0.3 is 0 Å². The summed E-state index contributed by atoms with van der Waals surface area (Å²) < 4.78 is 0. The van der Waals surface area contributed by atoms with Crippen LogP contribution in [0.4, 0.5) is 0 Å². The molecule has 0 aliphatic heterocycles. The summed E-state index contributed by atoms with van der Waals surface area (Å²) >= 11 is 0. The number of rotatable bonds is 5. The SMILES string of the molecule is C=CN(C)CNCCC. The highest BCUT2D eigenvalue weighted by molar-refractivity contribution is 4.64. The Labute approximate surface area is 57.5 Å². The maximum Gasteiger partial charge on any atom is 0.0672 e. The van der Waals surface area contributed by atoms with E-state index in [9.17, 15) is 0 Å². The fourth-order valence-electron chi connectivity index (χ4n) is 0.497. The molecule has 54 valence electrons. The van der Waals surface area contributed by atoms with Crippen molar-refractivity contribution in [3.05, 3.63) is 12.8 Å². The molecule has 2 heteroatoms. The second-order valence-corrected chi connectivity index (χ2v) is 2.10. The van der Waals surface area contributed by atoms with Gasteiger partial charge in [-0.15, -0.1) is 0 Å². The Bertz CT molecular complexity index is 71.3. The van der Waals surface area contributed by atoms with Crippen LogP contribution in [-0.2, 0) is 0 Å². The van der Waals surface area contributed by atoms with Crippen molar-refractivity contribution in [1.82, 2.24) is 10.2 Å². The van der Waals surface area contributed by atoms with Gasteiger partial charge in [-0.1, -0.05) is 13.5 Å². The van der Waals surface area contributed by atoms with E-state index >= 15 is 0 Å². The summed E-state index contributed by atoms with van der Waals surface area (Å²) in [4.78, 5) is 2.01. The van der Waals surface area contributed by atoms with Crippen molar-refractivity contribution >= 4 is 0 Å². The van der Waals surface area contributed by atoms with Crippen LogP contribution < -0.4 is 5.32 Å². The van der Waals surface area contributed by atoms with Crippen molar-refractivity contribution < 1.29 is 0 Å². The molecule has 0 aliphatic rings. The summed E-state index contributed by atoms with van der Waals surface area (Å²) in [6.07, 6.45) is 2.99. The third-order valence-electron chi connectivity index (χ3n) is 1.10. The lowest BCUT2D eigenvalue weighted by molar-refractivity contribution is 0.408. The molecule has 0 bridgehead atoms. The zero-order valence-electron chi connectivity index (χ0n) is 6.35. The van der Waals surface area contributed by atoms with E-state index in [0.717, 1.165) is 13.2 Å². The van der Waals surface area contributed by atoms with Crippen LogP contribution >= 0.6 is 0 Å². The van der Waals surface area contributed by atoms with Gasteiger partial charge in [-0.2, -0.15) is 0 Å². The lowest BCUT2D eigenvalue weighted by Gasteiger charge is -2.12. The lowest BCUT2D eigenvalue weighted by atomic mass is 10.5. The molecule has 0 aromatic carbocycles. The third-order valence-corrected chi connectivity index (χ3v) is 1.10. The molecular formula is C7H16N2. The quantitative estimate of drug-likeness (QED) is 0.439. The van der Waals surface area contributed by atoms with Crippen molar-refractivity contribution in [3.63, 3.8) is 0 Å². The van der Waals surface area contributed by atoms with Gasteiger partial charge in [0.1, 0.15) is 0 Å². The van der Waals surface area contributed by atoms with E-state index in [-0.39, 0.29) is 0 Å². The molecule has 0 rings (SSSR count). The van der Waals surface area contributed by atoms with Crippen molar-refractivity contribution in [3.8, 4) is 0 Å². The second kappa shape index (κ2) is 5.63. The van der Waals surface area contributed by atoms with Gasteiger partial charge in [-0.3, -0.25) is 5.32 Å². The predicted molar refractivity (Wildman–Crippen MR) is 41.1 cm³/mol. The number of nitrogens with one attached hydrogen (secondary N) is 1. The van der Waals surface area contributed by atoms with E-state index in [1.165, 1.54) is 6.42 Å². The van der Waals surface area contributed by atoms with Crippen LogP contribution in [0.1, 0.15) is 13.3 Å². The van der Waals surface area contributed by atoms with Gasteiger partial charge in [0.25, 0.3) is 0 Å². The zero-order chi connectivity index (χ0) is 7.11. The molecule has 9 heavy (non-hydrogen) atoms. The average Bonchev–Trinajstić information content (AvgIpc) is 1.89. The first-order valence-electron chi connectivity index (χ1n) is 3.34. The highest BCUT2D eigenvalue weighted by Crippen LogP contribution is 1.76. The molecule has 1 N–H and O–H groups in total. The third kappa shape index (κ3) is 5.37. The van der Waals surface area contributed by atoms with Crippen LogP contribution in [0.5, 0.6) is 0 Å². The molecule has 0 aromatic rings. The Hall–Kier alpha value is -0.500. The van der Waals surface area contributed by atoms with Crippen LogP contribution in [0.15, 0.2) is 12.8 Å². The fourth-order valence-corrected chi connectivity index (χ4v) is 0.497. The van der Waals surface area contributed by atoms with E-state index < -0.39 is 0 Å². The van der Waals surface area contributed by atoms with Gasteiger partial charge in [0, 0.05) is 7.05 Å². The molecule has 0 spiro atoms. The van der Waals surface area contributed by atoms with E-state index in [4.69, 9.17) is 0 Å². The Kier molecular flexibility index (Phi) is 5.32. The maximum absolute atomic E-state index is 3.63. The van der Waals surface area contributed by atoms with Gasteiger partial charge in [0.2, 0.25) is 0 Å². The summed E-state index contributed by atoms with van der Waals surface area (Å²) in [5, 5.41) is 3.24. The molecular weight excluding hydrogens is 112 g/mol. The Balaban J connectivity index is 2.96. The van der Waals surface area contributed by atoms with Crippen LogP contribution in [0, 0.1) is 0 Å². The molecule has 0 amide bonds. The van der Waals surface area contributed by atoms with Crippen molar-refractivity contribution in [2.24, 2.45) is 0 Å². The Morgan fingerprint density at radius 1 is 1.67 bits per heavy atom. The Morgan fingerprint density at radius 3 is 2.78 bits per heavy atom. The smallest absolute Gasteiger partial charge is 0.0672 e. The molecule has 0 saturated heterocycles. The fraction of sp³-hybridized carbons (Fsp3) is 0.714. The van der Waals surface area contributed by atoms with Crippen molar-refractivity contribution in [1.29, 1.82) is 0 Å². The van der Waals surface area contributed by atoms with Gasteiger partial charge in [-0.25, -0.2) is 0 Å². The molecule has 0 fully saturated rings. The topological polar surface area (TPSA) is 15.3 Å². The minimum Gasteiger partial charge on any atom is -0.368 e. The maximum atomic E-state index is 3.63. The molecule has 0 aromatic heterocycles. The van der Waals surface area contributed by atoms with E-state index in [1.54, 1.807) is 0 Å². The second-order valence-electron chi connectivity index (χ2n) is 2.10. The molecule has 0 heterocycles. The average molecular weight is 128 g/mol. The first-order valence-corrected chi connectivity index (χ1v) is 3.34. The summed E-state index contributed by atoms with van der Waals surface area (Å²) in [5.74, 6) is 0.